The van der Waals surface area contributed by atoms with Gasteiger partial charge in [-0.1, -0.05) is 17.7 Å². The number of benzene rings is 1. The Balaban J connectivity index is 2.13. The zero-order valence-corrected chi connectivity index (χ0v) is 10.1. The van der Waals surface area contributed by atoms with E-state index in [2.05, 4.69) is 11.9 Å². The number of nitrogens with one attached hydrogen (secondary N) is 1. The fraction of sp³-hybridized carbons (Fsp3) is 0.308. The minimum Gasteiger partial charge on any atom is -0.317 e. The number of fused-ring (bicyclic) bond motifs is 3. The number of nitrogens with zero attached hydrogens (tertiary/aromatic N) is 1. The molecule has 88 valence electrons. The second-order valence-corrected chi connectivity index (χ2v) is 4.92. The summed E-state index contributed by atoms with van der Waals surface area (Å²) in [5, 5.41) is 3.60. The van der Waals surface area contributed by atoms with Crippen molar-refractivity contribution in [2.75, 3.05) is 11.9 Å². The van der Waals surface area contributed by atoms with E-state index in [9.17, 15) is 4.79 Å². The first-order chi connectivity index (χ1) is 8.20. The summed E-state index contributed by atoms with van der Waals surface area (Å²) >= 11 is 6.04. The summed E-state index contributed by atoms with van der Waals surface area (Å²) in [6.07, 6.45) is 2.90. The van der Waals surface area contributed by atoms with Gasteiger partial charge >= 0.3 is 6.03 Å². The minimum atomic E-state index is -0.0193. The first kappa shape index (κ1) is 10.7. The molecule has 1 N–H and O–H groups in total. The van der Waals surface area contributed by atoms with Gasteiger partial charge in [-0.15, -0.1) is 6.58 Å². The molecule has 0 saturated carbocycles. The van der Waals surface area contributed by atoms with Crippen LogP contribution in [0.2, 0.25) is 5.02 Å². The van der Waals surface area contributed by atoms with Crippen molar-refractivity contribution in [3.63, 3.8) is 0 Å². The van der Waals surface area contributed by atoms with Crippen molar-refractivity contribution in [3.8, 4) is 0 Å². The fourth-order valence-electron chi connectivity index (χ4n) is 2.77. The van der Waals surface area contributed by atoms with Crippen molar-refractivity contribution in [2.24, 2.45) is 5.92 Å². The van der Waals surface area contributed by atoms with E-state index >= 15 is 0 Å². The van der Waals surface area contributed by atoms with Gasteiger partial charge < -0.3 is 10.2 Å². The molecular weight excluding hydrogens is 236 g/mol. The van der Waals surface area contributed by atoms with Gasteiger partial charge in [0.25, 0.3) is 0 Å². The van der Waals surface area contributed by atoms with Gasteiger partial charge in [0.15, 0.2) is 0 Å². The van der Waals surface area contributed by atoms with Crippen LogP contribution in [0.3, 0.4) is 0 Å². The highest BCUT2D eigenvalue weighted by atomic mass is 35.5. The van der Waals surface area contributed by atoms with Gasteiger partial charge in [-0.3, -0.25) is 0 Å². The number of halogens is 1. The summed E-state index contributed by atoms with van der Waals surface area (Å²) in [6, 6.07) is 5.68. The Bertz CT molecular complexity index is 500. The molecule has 4 heteroatoms. The van der Waals surface area contributed by atoms with Gasteiger partial charge in [-0.25, -0.2) is 4.79 Å². The lowest BCUT2D eigenvalue weighted by atomic mass is 9.91. The van der Waals surface area contributed by atoms with Crippen LogP contribution in [0.25, 0.3) is 0 Å². The van der Waals surface area contributed by atoms with Crippen LogP contribution in [0.1, 0.15) is 18.0 Å². The van der Waals surface area contributed by atoms with Crippen molar-refractivity contribution in [3.05, 3.63) is 41.4 Å². The molecule has 0 spiro atoms. The maximum Gasteiger partial charge on any atom is 0.322 e. The largest absolute Gasteiger partial charge is 0.322 e. The summed E-state index contributed by atoms with van der Waals surface area (Å²) < 4.78 is 0. The number of carbonyl (C=O) groups excluding carboxylic acids is 1. The lowest BCUT2D eigenvalue weighted by Gasteiger charge is -2.34. The molecule has 0 radical (unpaired) electrons. The average Bonchev–Trinajstić information content (AvgIpc) is 2.75. The molecule has 17 heavy (non-hydrogen) atoms. The fourth-order valence-corrected chi connectivity index (χ4v) is 2.95. The van der Waals surface area contributed by atoms with E-state index in [-0.39, 0.29) is 12.1 Å². The summed E-state index contributed by atoms with van der Waals surface area (Å²) in [5.74, 6) is 0.318. The number of rotatable bonds is 1. The van der Waals surface area contributed by atoms with Crippen LogP contribution in [0.4, 0.5) is 10.5 Å². The zero-order valence-electron chi connectivity index (χ0n) is 9.32. The summed E-state index contributed by atoms with van der Waals surface area (Å²) in [6.45, 7) is 4.64. The van der Waals surface area contributed by atoms with Crippen molar-refractivity contribution in [1.29, 1.82) is 0 Å². The highest BCUT2D eigenvalue weighted by Crippen LogP contribution is 2.44. The van der Waals surface area contributed by atoms with Gasteiger partial charge in [0.1, 0.15) is 0 Å². The summed E-state index contributed by atoms with van der Waals surface area (Å²) in [4.78, 5) is 13.8. The summed E-state index contributed by atoms with van der Waals surface area (Å²) in [7, 11) is 0. The zero-order chi connectivity index (χ0) is 12.0. The molecule has 1 aromatic rings. The van der Waals surface area contributed by atoms with Crippen molar-refractivity contribution in [1.82, 2.24) is 4.90 Å². The third kappa shape index (κ3) is 1.53. The minimum absolute atomic E-state index is 0.0193. The number of carbonyl (C=O) groups is 1. The van der Waals surface area contributed by atoms with Crippen LogP contribution in [0.5, 0.6) is 0 Å². The van der Waals surface area contributed by atoms with E-state index in [1.807, 2.05) is 23.1 Å². The van der Waals surface area contributed by atoms with Gasteiger partial charge in [0.2, 0.25) is 0 Å². The normalized spacial score (nSPS) is 26.2. The van der Waals surface area contributed by atoms with E-state index < -0.39 is 0 Å². The summed E-state index contributed by atoms with van der Waals surface area (Å²) in [5.41, 5.74) is 1.97. The lowest BCUT2D eigenvalue weighted by Crippen LogP contribution is -2.39. The number of hydrogen-bond acceptors (Lipinski definition) is 1. The molecule has 3 rings (SSSR count). The van der Waals surface area contributed by atoms with E-state index in [4.69, 9.17) is 11.6 Å². The Morgan fingerprint density at radius 2 is 2.35 bits per heavy atom. The van der Waals surface area contributed by atoms with Crippen molar-refractivity contribution in [2.45, 2.75) is 12.5 Å². The molecule has 2 aliphatic heterocycles. The second-order valence-electron chi connectivity index (χ2n) is 4.49. The Hall–Kier alpha value is -1.48. The number of amides is 2. The lowest BCUT2D eigenvalue weighted by molar-refractivity contribution is 0.200. The maximum absolute atomic E-state index is 11.9. The third-order valence-corrected chi connectivity index (χ3v) is 3.82. The van der Waals surface area contributed by atoms with Crippen molar-refractivity contribution < 1.29 is 4.79 Å². The molecule has 1 fully saturated rings. The van der Waals surface area contributed by atoms with E-state index in [1.54, 1.807) is 6.07 Å². The molecule has 0 aromatic heterocycles. The average molecular weight is 249 g/mol. The van der Waals surface area contributed by atoms with Crippen LogP contribution in [-0.2, 0) is 0 Å². The molecule has 0 aliphatic carbocycles. The standard InChI is InChI=1S/C13H13ClN2O/c1-2-8-5-6-16-12(8)10-7-9(14)3-4-11(10)15-13(16)17/h2-4,7-8,12H,1,5-6H2,(H,15,17)/t8-,12+/m0/s1. The highest BCUT2D eigenvalue weighted by Gasteiger charge is 2.40. The van der Waals surface area contributed by atoms with Crippen LogP contribution < -0.4 is 5.32 Å². The first-order valence-corrected chi connectivity index (χ1v) is 6.08. The van der Waals surface area contributed by atoms with Gasteiger partial charge in [-0.2, -0.15) is 0 Å². The first-order valence-electron chi connectivity index (χ1n) is 5.70. The SMILES string of the molecule is C=C[C@H]1CCN2C(=O)Nc3ccc(Cl)cc3[C@@H]12. The van der Waals surface area contributed by atoms with E-state index in [1.165, 1.54) is 0 Å². The second kappa shape index (κ2) is 3.77. The molecule has 2 atom stereocenters. The predicted molar refractivity (Wildman–Crippen MR) is 68.2 cm³/mol. The Kier molecular flexibility index (Phi) is 2.37. The van der Waals surface area contributed by atoms with Crippen LogP contribution in [0.15, 0.2) is 30.9 Å². The number of hydrogen-bond donors (Lipinski definition) is 1. The molecule has 1 aromatic carbocycles. The van der Waals surface area contributed by atoms with Gasteiger partial charge in [0, 0.05) is 28.7 Å². The molecule has 2 heterocycles. The smallest absolute Gasteiger partial charge is 0.317 e. The maximum atomic E-state index is 11.9. The topological polar surface area (TPSA) is 32.3 Å². The highest BCUT2D eigenvalue weighted by molar-refractivity contribution is 6.30. The van der Waals surface area contributed by atoms with E-state index in [0.717, 1.165) is 24.2 Å². The molecule has 2 amide bonds. The Morgan fingerprint density at radius 1 is 1.53 bits per heavy atom. The molecule has 2 aliphatic rings. The molecule has 3 nitrogen and oxygen atoms in total. The molecule has 0 bridgehead atoms. The Labute approximate surface area is 105 Å². The predicted octanol–water partition coefficient (Wildman–Crippen LogP) is 3.43. The number of urea groups is 1. The van der Waals surface area contributed by atoms with Crippen molar-refractivity contribution >= 4 is 23.3 Å². The Morgan fingerprint density at radius 3 is 3.12 bits per heavy atom. The monoisotopic (exact) mass is 248 g/mol. The molecule has 1 saturated heterocycles. The molecule has 0 unspecified atom stereocenters. The number of anilines is 1. The van der Waals surface area contributed by atoms with E-state index in [0.29, 0.717) is 10.9 Å². The third-order valence-electron chi connectivity index (χ3n) is 3.58. The van der Waals surface area contributed by atoms with Gasteiger partial charge in [0.05, 0.1) is 6.04 Å². The van der Waals surface area contributed by atoms with Crippen LogP contribution in [0, 0.1) is 5.92 Å². The van der Waals surface area contributed by atoms with Crippen LogP contribution >= 0.6 is 11.6 Å². The molecular formula is C13H13ClN2O. The quantitative estimate of drug-likeness (QED) is 0.759. The van der Waals surface area contributed by atoms with Gasteiger partial charge in [-0.05, 0) is 24.6 Å². The van der Waals surface area contributed by atoms with Crippen LogP contribution in [-0.4, -0.2) is 17.5 Å².